The number of nitrogens with zero attached hydrogens (tertiary/aromatic N) is 8. The number of rotatable bonds is 40. The Bertz CT molecular complexity index is 4840. The molecule has 8 aromatic carbocycles. The summed E-state index contributed by atoms with van der Waals surface area (Å²) in [6.45, 7) is 18.9. The third-order valence-corrected chi connectivity index (χ3v) is 23.0. The fourth-order valence-corrected chi connectivity index (χ4v) is 16.5. The number of unbranched alkanes of at least 4 members (excludes halogenated alkanes) is 16. The summed E-state index contributed by atoms with van der Waals surface area (Å²) < 4.78 is 19.2. The molecule has 4 aromatic heterocycles. The Labute approximate surface area is 672 Å². The molecule has 0 fully saturated rings. The van der Waals surface area contributed by atoms with Crippen molar-refractivity contribution in [2.45, 2.75) is 182 Å². The molecule has 0 spiro atoms. The van der Waals surface area contributed by atoms with E-state index in [1.807, 2.05) is 24.3 Å². The molecule has 562 valence electrons. The maximum Gasteiger partial charge on any atom is 0.328 e. The molecule has 0 saturated heterocycles. The number of ether oxygens (including phenoxy) is 2. The van der Waals surface area contributed by atoms with Crippen molar-refractivity contribution in [2.75, 3.05) is 13.2 Å². The molecule has 110 heavy (non-hydrogen) atoms. The van der Waals surface area contributed by atoms with Crippen molar-refractivity contribution >= 4 is 126 Å². The van der Waals surface area contributed by atoms with E-state index in [9.17, 15) is 11.8 Å². The molecule has 12 aromatic rings. The molecule has 12 rings (SSSR count). The normalized spacial score (nSPS) is 12.6. The van der Waals surface area contributed by atoms with Crippen LogP contribution in [0.1, 0.15) is 193 Å². The van der Waals surface area contributed by atoms with E-state index in [2.05, 4.69) is 188 Å². The lowest BCUT2D eigenvalue weighted by Crippen LogP contribution is -2.54. The van der Waals surface area contributed by atoms with E-state index in [0.717, 1.165) is 84.3 Å². The van der Waals surface area contributed by atoms with Gasteiger partial charge in [-0.05, 0) is 86.1 Å². The van der Waals surface area contributed by atoms with Gasteiger partial charge < -0.3 is 18.4 Å². The molecule has 4 heterocycles. The van der Waals surface area contributed by atoms with E-state index in [4.69, 9.17) is 80.7 Å². The zero-order valence-corrected chi connectivity index (χ0v) is 67.3. The number of aromatic nitrogens is 6. The van der Waals surface area contributed by atoms with Gasteiger partial charge in [-0.1, -0.05) is 370 Å². The smallest absolute Gasteiger partial charge is 0.328 e. The van der Waals surface area contributed by atoms with Crippen molar-refractivity contribution in [2.24, 2.45) is 11.8 Å². The van der Waals surface area contributed by atoms with Crippen LogP contribution in [0, 0.1) is 29.7 Å². The molecule has 0 saturated carbocycles. The van der Waals surface area contributed by atoms with Gasteiger partial charge in [0.05, 0.1) is 79.2 Å². The largest absolute Gasteiger partial charge is 0.493 e. The highest BCUT2D eigenvalue weighted by atomic mass is 35.5. The van der Waals surface area contributed by atoms with E-state index >= 15 is 0 Å². The fourth-order valence-electron chi connectivity index (χ4n) is 15.9. The summed E-state index contributed by atoms with van der Waals surface area (Å²) >= 11 is 27.3. The quantitative estimate of drug-likeness (QED) is 0.0214. The van der Waals surface area contributed by atoms with Gasteiger partial charge in [-0.2, -0.15) is 5.26 Å². The Hall–Kier alpha value is -9.13. The molecule has 16 heteroatoms. The van der Waals surface area contributed by atoms with Gasteiger partial charge >= 0.3 is 13.7 Å². The second-order valence-electron chi connectivity index (χ2n) is 29.5. The first-order chi connectivity index (χ1) is 54.0. The van der Waals surface area contributed by atoms with Gasteiger partial charge in [0.15, 0.2) is 0 Å². The molecule has 0 aliphatic rings. The lowest BCUT2D eigenvalue weighted by atomic mass is 9.50. The van der Waals surface area contributed by atoms with E-state index in [1.54, 1.807) is 36.7 Å². The van der Waals surface area contributed by atoms with E-state index < -0.39 is 13.7 Å². The highest BCUT2D eigenvalue weighted by molar-refractivity contribution is 6.85. The topological polar surface area (TPSA) is 108 Å². The van der Waals surface area contributed by atoms with Gasteiger partial charge in [-0.3, -0.25) is 15.0 Å². The van der Waals surface area contributed by atoms with Crippen LogP contribution in [0.4, 0.5) is 0 Å². The number of hydrogen-bond acceptors (Lipinski definition) is 7. The van der Waals surface area contributed by atoms with Gasteiger partial charge in [0.2, 0.25) is 5.70 Å². The van der Waals surface area contributed by atoms with E-state index in [0.29, 0.717) is 123 Å². The van der Waals surface area contributed by atoms with Crippen LogP contribution in [0.3, 0.4) is 0 Å². The third kappa shape index (κ3) is 19.8. The van der Waals surface area contributed by atoms with Crippen molar-refractivity contribution in [1.29, 1.82) is 5.26 Å². The van der Waals surface area contributed by atoms with Crippen molar-refractivity contribution in [3.8, 4) is 40.1 Å². The lowest BCUT2D eigenvalue weighted by Gasteiger charge is -2.25. The minimum absolute atomic E-state index is 0.191. The number of halogens is 4. The van der Waals surface area contributed by atoms with Crippen molar-refractivity contribution < 1.29 is 9.47 Å². The van der Waals surface area contributed by atoms with Gasteiger partial charge in [0.25, 0.3) is 0 Å². The molecule has 0 radical (unpaired) electrons. The maximum atomic E-state index is 12.9. The predicted octanol–water partition coefficient (Wildman–Crippen LogP) is 22.8. The summed E-state index contributed by atoms with van der Waals surface area (Å²) in [4.78, 5) is 25.7. The number of fused-ring (bicyclic) bond motifs is 3. The standard InChI is InChI=1S/C94H100B2Cl4N8O2/c1-6-10-14-18-20-28-42-67(40-26-16-12-8-3)65-109-75-54-38-44-69(56-75)91-88-89(94(90(102-5)87-64-104-83-59-79(98)81(100)61-85(83)106-87)108(91)96(73-50-34-24-35-51-73)74-52-36-25-37-53-74)92(70-45-39-55-76(57-70)110-66-68(41-27-17-13-9-4)43-29-21-19-15-11-7-2)107(95(71-46-30-22-31-47-71)72-48-32-23-33-49-72)93(88)77(62-101)86-63-103-82-58-78(97)80(99)60-84(82)105-86/h22-25,30-39,44-61,63-64,67-68H,6-21,26-29,40-43,65-66H2,1-4H3/b93-77-,94-90+. The highest BCUT2D eigenvalue weighted by Crippen LogP contribution is 2.40. The SMILES string of the molecule is [C-]#[N+]/C(c1cnc2cc(Cl)c(Cl)cc2n1)=c1\c2c(-c3cccc(OCC(CCCCCC)CCCCCCCC)c3)n(B(c3ccccc3)c3ccccc3)/c(=C(/C#N)c3cnc4cc(Cl)c(Cl)cc4n3)c2c(-c2cccc(OCC(CCCCCC)CCCCCCCC)c2)n1B(c1ccccc1)c1ccccc1. The first-order valence-electron chi connectivity index (χ1n) is 40.3. The lowest BCUT2D eigenvalue weighted by molar-refractivity contribution is 0.224. The van der Waals surface area contributed by atoms with E-state index in [-0.39, 0.29) is 11.3 Å². The van der Waals surface area contributed by atoms with Crippen LogP contribution >= 0.6 is 46.4 Å². The summed E-state index contributed by atoms with van der Waals surface area (Å²) in [6, 6.07) is 68.5. The highest BCUT2D eigenvalue weighted by Gasteiger charge is 2.38. The van der Waals surface area contributed by atoms with Crippen molar-refractivity contribution in [3.05, 3.63) is 260 Å². The number of hydrogen-bond donors (Lipinski definition) is 0. The fraction of sp³-hybridized carbons (Fsp3) is 0.340. The average molecular weight is 1540 g/mol. The van der Waals surface area contributed by atoms with Crippen LogP contribution in [0.25, 0.3) is 71.5 Å². The summed E-state index contributed by atoms with van der Waals surface area (Å²) in [7, 11) is 0. The second kappa shape index (κ2) is 40.7. The second-order valence-corrected chi connectivity index (χ2v) is 31.2. The molecule has 0 N–H and O–H groups in total. The minimum Gasteiger partial charge on any atom is -0.493 e. The van der Waals surface area contributed by atoms with Gasteiger partial charge in [0, 0.05) is 44.8 Å². The Kier molecular flexibility index (Phi) is 29.7. The summed E-state index contributed by atoms with van der Waals surface area (Å²) in [6.07, 6.45) is 31.9. The Balaban J connectivity index is 1.27. The van der Waals surface area contributed by atoms with Crippen LogP contribution in [-0.2, 0) is 0 Å². The first-order valence-corrected chi connectivity index (χ1v) is 41.8. The molecule has 0 bridgehead atoms. The third-order valence-electron chi connectivity index (χ3n) is 21.5. The molecule has 0 amide bonds. The molecule has 0 aliphatic heterocycles. The van der Waals surface area contributed by atoms with Gasteiger partial charge in [0.1, 0.15) is 28.8 Å². The maximum absolute atomic E-state index is 12.9. The zero-order valence-electron chi connectivity index (χ0n) is 64.2. The molecule has 0 aliphatic carbocycles. The minimum atomic E-state index is -0.665. The van der Waals surface area contributed by atoms with Crippen LogP contribution in [0.15, 0.2) is 207 Å². The summed E-state index contributed by atoms with van der Waals surface area (Å²) in [5.74, 6) is 2.10. The van der Waals surface area contributed by atoms with Crippen molar-refractivity contribution in [3.63, 3.8) is 0 Å². The van der Waals surface area contributed by atoms with Crippen LogP contribution in [0.2, 0.25) is 20.1 Å². The molecule has 2 atom stereocenters. The Morgan fingerprint density at radius 2 is 0.755 bits per heavy atom. The Morgan fingerprint density at radius 1 is 0.418 bits per heavy atom. The monoisotopic (exact) mass is 1530 g/mol. The average Bonchev–Trinajstić information content (AvgIpc) is 1.52. The van der Waals surface area contributed by atoms with Crippen LogP contribution in [0.5, 0.6) is 11.5 Å². The molecular weight excluding hydrogens is 1440 g/mol. The molecular formula is C94H100B2Cl4N8O2. The van der Waals surface area contributed by atoms with Crippen molar-refractivity contribution in [1.82, 2.24) is 28.9 Å². The zero-order chi connectivity index (χ0) is 76.6. The van der Waals surface area contributed by atoms with Gasteiger partial charge in [-0.15, -0.1) is 0 Å². The number of nitriles is 1. The number of benzene rings is 8. The van der Waals surface area contributed by atoms with Crippen LogP contribution < -0.4 is 42.0 Å². The summed E-state index contributed by atoms with van der Waals surface area (Å²) in [5, 5.41) is 16.5. The first kappa shape index (κ1) is 80.4. The van der Waals surface area contributed by atoms with E-state index in [1.165, 1.54) is 103 Å². The van der Waals surface area contributed by atoms with Crippen LogP contribution in [-0.4, -0.2) is 55.8 Å². The Morgan fingerprint density at radius 3 is 1.14 bits per heavy atom. The molecule has 2 unspecified atom stereocenters. The van der Waals surface area contributed by atoms with Gasteiger partial charge in [-0.25, -0.2) is 9.83 Å². The summed E-state index contributed by atoms with van der Waals surface area (Å²) in [5.41, 5.74) is 9.59. The molecule has 10 nitrogen and oxygen atoms in total. The predicted molar refractivity (Wildman–Crippen MR) is 464 cm³/mol.